The lowest BCUT2D eigenvalue weighted by atomic mass is 10.0. The second-order valence-corrected chi connectivity index (χ2v) is 7.32. The van der Waals surface area contributed by atoms with Gasteiger partial charge in [-0.3, -0.25) is 4.79 Å². The van der Waals surface area contributed by atoms with Crippen LogP contribution in [0.5, 0.6) is 5.75 Å². The molecule has 0 N–H and O–H groups in total. The van der Waals surface area contributed by atoms with Crippen LogP contribution in [0.15, 0.2) is 24.3 Å². The molecule has 4 heteroatoms. The third kappa shape index (κ3) is 9.91. The maximum atomic E-state index is 12.2. The van der Waals surface area contributed by atoms with Gasteiger partial charge in [0.2, 0.25) is 0 Å². The molecule has 4 nitrogen and oxygen atoms in total. The fourth-order valence-electron chi connectivity index (χ4n) is 3.13. The number of hydrogen-bond acceptors (Lipinski definition) is 4. The SMILES string of the molecule is CCCCCCCCC(Oc1ccc(C(=O)CCCCC)cc1)C(=O)OCC. The normalized spacial score (nSPS) is 11.8. The number of Topliss-reactive ketones (excluding diaryl/α,β-unsaturated/α-hetero) is 1. The first-order valence-corrected chi connectivity index (χ1v) is 11.1. The number of ether oxygens (including phenoxy) is 2. The Balaban J connectivity index is 2.56. The molecular weight excluding hydrogens is 352 g/mol. The average molecular weight is 391 g/mol. The number of rotatable bonds is 16. The molecule has 0 heterocycles. The molecule has 0 saturated carbocycles. The van der Waals surface area contributed by atoms with Gasteiger partial charge in [0.05, 0.1) is 6.61 Å². The van der Waals surface area contributed by atoms with Gasteiger partial charge in [-0.2, -0.15) is 0 Å². The van der Waals surface area contributed by atoms with Gasteiger partial charge in [-0.05, 0) is 50.5 Å². The van der Waals surface area contributed by atoms with Gasteiger partial charge in [0.15, 0.2) is 11.9 Å². The number of unbranched alkanes of at least 4 members (excludes halogenated alkanes) is 7. The van der Waals surface area contributed by atoms with E-state index in [1.807, 2.05) is 0 Å². The molecule has 28 heavy (non-hydrogen) atoms. The van der Waals surface area contributed by atoms with Crippen molar-refractivity contribution in [2.45, 2.75) is 97.5 Å². The predicted molar refractivity (Wildman–Crippen MR) is 114 cm³/mol. The lowest BCUT2D eigenvalue weighted by Gasteiger charge is -2.18. The molecule has 0 aromatic heterocycles. The van der Waals surface area contributed by atoms with Crippen LogP contribution in [0.25, 0.3) is 0 Å². The number of esters is 1. The highest BCUT2D eigenvalue weighted by atomic mass is 16.6. The molecule has 1 rings (SSSR count). The van der Waals surface area contributed by atoms with Gasteiger partial charge in [0, 0.05) is 12.0 Å². The zero-order valence-electron chi connectivity index (χ0n) is 18.0. The van der Waals surface area contributed by atoms with E-state index in [9.17, 15) is 9.59 Å². The van der Waals surface area contributed by atoms with E-state index in [0.717, 1.165) is 32.1 Å². The highest BCUT2D eigenvalue weighted by Gasteiger charge is 2.21. The molecule has 0 aliphatic carbocycles. The smallest absolute Gasteiger partial charge is 0.347 e. The van der Waals surface area contributed by atoms with Crippen LogP contribution in [-0.2, 0) is 9.53 Å². The molecule has 1 atom stereocenters. The second kappa shape index (κ2) is 15.1. The van der Waals surface area contributed by atoms with Crippen molar-refractivity contribution in [2.75, 3.05) is 6.61 Å². The minimum absolute atomic E-state index is 0.161. The van der Waals surface area contributed by atoms with E-state index in [1.54, 1.807) is 31.2 Å². The standard InChI is InChI=1S/C24H38O4/c1-4-7-9-10-11-13-15-23(24(26)27-6-3)28-21-18-16-20(17-19-21)22(25)14-12-8-5-2/h16-19,23H,4-15H2,1-3H3. The van der Waals surface area contributed by atoms with Crippen molar-refractivity contribution < 1.29 is 19.1 Å². The molecule has 1 aromatic carbocycles. The van der Waals surface area contributed by atoms with Gasteiger partial charge in [-0.1, -0.05) is 58.8 Å². The Morgan fingerprint density at radius 3 is 2.07 bits per heavy atom. The van der Waals surface area contributed by atoms with Crippen LogP contribution >= 0.6 is 0 Å². The second-order valence-electron chi connectivity index (χ2n) is 7.32. The fourth-order valence-corrected chi connectivity index (χ4v) is 3.13. The fraction of sp³-hybridized carbons (Fsp3) is 0.667. The quantitative estimate of drug-likeness (QED) is 0.183. The van der Waals surface area contributed by atoms with E-state index < -0.39 is 6.10 Å². The maximum absolute atomic E-state index is 12.2. The summed E-state index contributed by atoms with van der Waals surface area (Å²) in [6.45, 7) is 6.48. The Bertz CT molecular complexity index is 550. The highest BCUT2D eigenvalue weighted by molar-refractivity contribution is 5.96. The minimum Gasteiger partial charge on any atom is -0.479 e. The van der Waals surface area contributed by atoms with Crippen molar-refractivity contribution in [1.82, 2.24) is 0 Å². The average Bonchev–Trinajstić information content (AvgIpc) is 2.70. The first-order chi connectivity index (χ1) is 13.6. The summed E-state index contributed by atoms with van der Waals surface area (Å²) in [5.74, 6) is 0.457. The Labute approximate surface area is 171 Å². The Morgan fingerprint density at radius 2 is 1.43 bits per heavy atom. The molecule has 0 spiro atoms. The minimum atomic E-state index is -0.586. The molecule has 0 amide bonds. The van der Waals surface area contributed by atoms with Crippen molar-refractivity contribution in [3.8, 4) is 5.75 Å². The van der Waals surface area contributed by atoms with E-state index in [1.165, 1.54) is 25.7 Å². The largest absolute Gasteiger partial charge is 0.479 e. The van der Waals surface area contributed by atoms with Crippen LogP contribution in [-0.4, -0.2) is 24.5 Å². The van der Waals surface area contributed by atoms with Gasteiger partial charge in [0.25, 0.3) is 0 Å². The molecule has 0 aliphatic heterocycles. The van der Waals surface area contributed by atoms with Gasteiger partial charge < -0.3 is 9.47 Å². The lowest BCUT2D eigenvalue weighted by Crippen LogP contribution is -2.29. The molecular formula is C24H38O4. The van der Waals surface area contributed by atoms with E-state index in [4.69, 9.17) is 9.47 Å². The van der Waals surface area contributed by atoms with E-state index >= 15 is 0 Å². The Hall–Kier alpha value is -1.84. The first kappa shape index (κ1) is 24.2. The summed E-state index contributed by atoms with van der Waals surface area (Å²) in [7, 11) is 0. The monoisotopic (exact) mass is 390 g/mol. The zero-order valence-corrected chi connectivity index (χ0v) is 18.0. The Morgan fingerprint density at radius 1 is 0.821 bits per heavy atom. The van der Waals surface area contributed by atoms with Gasteiger partial charge >= 0.3 is 5.97 Å². The molecule has 0 aliphatic rings. The third-order valence-electron chi connectivity index (χ3n) is 4.83. The summed E-state index contributed by atoms with van der Waals surface area (Å²) in [5, 5.41) is 0. The number of carbonyl (C=O) groups excluding carboxylic acids is 2. The van der Waals surface area contributed by atoms with E-state index in [0.29, 0.717) is 30.8 Å². The first-order valence-electron chi connectivity index (χ1n) is 11.1. The molecule has 0 bridgehead atoms. The summed E-state index contributed by atoms with van der Waals surface area (Å²) in [4.78, 5) is 24.4. The highest BCUT2D eigenvalue weighted by Crippen LogP contribution is 2.19. The summed E-state index contributed by atoms with van der Waals surface area (Å²) < 4.78 is 11.1. The topological polar surface area (TPSA) is 52.6 Å². The van der Waals surface area contributed by atoms with Crippen molar-refractivity contribution in [2.24, 2.45) is 0 Å². The van der Waals surface area contributed by atoms with Crippen molar-refractivity contribution in [1.29, 1.82) is 0 Å². The van der Waals surface area contributed by atoms with Crippen molar-refractivity contribution in [3.05, 3.63) is 29.8 Å². The van der Waals surface area contributed by atoms with Gasteiger partial charge in [0.1, 0.15) is 5.75 Å². The molecule has 1 aromatic rings. The molecule has 0 radical (unpaired) electrons. The van der Waals surface area contributed by atoms with Crippen LogP contribution in [0.2, 0.25) is 0 Å². The van der Waals surface area contributed by atoms with E-state index in [-0.39, 0.29) is 11.8 Å². The summed E-state index contributed by atoms with van der Waals surface area (Å²) >= 11 is 0. The van der Waals surface area contributed by atoms with Gasteiger partial charge in [-0.25, -0.2) is 4.79 Å². The van der Waals surface area contributed by atoms with Crippen LogP contribution in [0, 0.1) is 0 Å². The van der Waals surface area contributed by atoms with Crippen LogP contribution in [0.3, 0.4) is 0 Å². The molecule has 1 unspecified atom stereocenters. The number of carbonyl (C=O) groups is 2. The van der Waals surface area contributed by atoms with Crippen molar-refractivity contribution >= 4 is 11.8 Å². The van der Waals surface area contributed by atoms with Crippen LogP contribution in [0.4, 0.5) is 0 Å². The molecule has 0 fully saturated rings. The van der Waals surface area contributed by atoms with Crippen LogP contribution < -0.4 is 4.74 Å². The van der Waals surface area contributed by atoms with Crippen LogP contribution in [0.1, 0.15) is 102 Å². The van der Waals surface area contributed by atoms with E-state index in [2.05, 4.69) is 13.8 Å². The summed E-state index contributed by atoms with van der Waals surface area (Å²) in [5.41, 5.74) is 0.701. The zero-order chi connectivity index (χ0) is 20.6. The number of hydrogen-bond donors (Lipinski definition) is 0. The van der Waals surface area contributed by atoms with Crippen molar-refractivity contribution in [3.63, 3.8) is 0 Å². The summed E-state index contributed by atoms with van der Waals surface area (Å²) in [6, 6.07) is 7.13. The maximum Gasteiger partial charge on any atom is 0.347 e. The molecule has 158 valence electrons. The number of ketones is 1. The third-order valence-corrected chi connectivity index (χ3v) is 4.83. The molecule has 0 saturated heterocycles. The number of benzene rings is 1. The van der Waals surface area contributed by atoms with Gasteiger partial charge in [-0.15, -0.1) is 0 Å². The Kier molecular flexibility index (Phi) is 13.1. The summed E-state index contributed by atoms with van der Waals surface area (Å²) in [6.07, 6.45) is 10.7. The lowest BCUT2D eigenvalue weighted by molar-refractivity contribution is -0.151. The predicted octanol–water partition coefficient (Wildman–Crippen LogP) is 6.51.